The molecule has 1 aliphatic heterocycles. The Hall–Kier alpha value is -1.62. The number of aliphatic imine (C=N–C) groups is 1. The summed E-state index contributed by atoms with van der Waals surface area (Å²) in [6.45, 7) is 1.85. The topological polar surface area (TPSA) is 58.5 Å². The number of carbonyl (C=O) groups is 2. The summed E-state index contributed by atoms with van der Waals surface area (Å²) in [6, 6.07) is 8.88. The quantitative estimate of drug-likeness (QED) is 0.824. The van der Waals surface area contributed by atoms with Gasteiger partial charge in [0.05, 0.1) is 6.04 Å². The Bertz CT molecular complexity index is 471. The van der Waals surface area contributed by atoms with Crippen LogP contribution in [0.25, 0.3) is 0 Å². The number of carbonyl (C=O) groups excluding carboxylic acids is 2. The van der Waals surface area contributed by atoms with Crippen LogP contribution in [0.15, 0.2) is 35.3 Å². The molecule has 0 aromatic heterocycles. The summed E-state index contributed by atoms with van der Waals surface area (Å²) in [6.07, 6.45) is 0.379. The van der Waals surface area contributed by atoms with Gasteiger partial charge >= 0.3 is 0 Å². The predicted octanol–water partition coefficient (Wildman–Crippen LogP) is 1.82. The van der Waals surface area contributed by atoms with Gasteiger partial charge in [-0.2, -0.15) is 0 Å². The molecule has 1 heterocycles. The molecule has 0 spiro atoms. The highest BCUT2D eigenvalue weighted by Gasteiger charge is 2.20. The SMILES string of the molecule is C[C@H]1CC(=O)NC(SC(=O)c2ccccc2)=N1. The second-order valence-electron chi connectivity index (χ2n) is 3.79. The predicted molar refractivity (Wildman–Crippen MR) is 68.0 cm³/mol. The highest BCUT2D eigenvalue weighted by Crippen LogP contribution is 2.16. The van der Waals surface area contributed by atoms with Gasteiger partial charge in [0.25, 0.3) is 0 Å². The number of nitrogens with zero attached hydrogens (tertiary/aromatic N) is 1. The zero-order valence-corrected chi connectivity index (χ0v) is 10.2. The van der Waals surface area contributed by atoms with Crippen LogP contribution in [-0.2, 0) is 4.79 Å². The first-order chi connectivity index (χ1) is 8.15. The third kappa shape index (κ3) is 3.17. The number of amidine groups is 1. The van der Waals surface area contributed by atoms with E-state index in [0.717, 1.165) is 11.8 Å². The van der Waals surface area contributed by atoms with Crippen molar-refractivity contribution in [3.05, 3.63) is 35.9 Å². The number of hydrogen-bond donors (Lipinski definition) is 1. The zero-order chi connectivity index (χ0) is 12.3. The fraction of sp³-hybridized carbons (Fsp3) is 0.250. The lowest BCUT2D eigenvalue weighted by Crippen LogP contribution is -2.36. The molecule has 0 saturated heterocycles. The van der Waals surface area contributed by atoms with Gasteiger partial charge in [0.2, 0.25) is 11.0 Å². The van der Waals surface area contributed by atoms with Crippen LogP contribution in [0.5, 0.6) is 0 Å². The van der Waals surface area contributed by atoms with Gasteiger partial charge in [-0.05, 0) is 18.7 Å². The minimum Gasteiger partial charge on any atom is -0.305 e. The lowest BCUT2D eigenvalue weighted by atomic mass is 10.2. The molecule has 5 heteroatoms. The Morgan fingerprint density at radius 2 is 2.12 bits per heavy atom. The number of amides is 1. The van der Waals surface area contributed by atoms with Gasteiger partial charge in [-0.1, -0.05) is 30.3 Å². The van der Waals surface area contributed by atoms with E-state index in [2.05, 4.69) is 10.3 Å². The molecular weight excluding hydrogens is 236 g/mol. The van der Waals surface area contributed by atoms with Crippen molar-refractivity contribution in [2.75, 3.05) is 0 Å². The first kappa shape index (κ1) is 11.9. The van der Waals surface area contributed by atoms with Crippen molar-refractivity contribution in [2.24, 2.45) is 4.99 Å². The Kier molecular flexibility index (Phi) is 3.58. The van der Waals surface area contributed by atoms with Crippen molar-refractivity contribution in [2.45, 2.75) is 19.4 Å². The van der Waals surface area contributed by atoms with Crippen LogP contribution in [0.2, 0.25) is 0 Å². The van der Waals surface area contributed by atoms with Crippen molar-refractivity contribution in [3.63, 3.8) is 0 Å². The second kappa shape index (κ2) is 5.14. The molecule has 1 N–H and O–H groups in total. The van der Waals surface area contributed by atoms with E-state index in [1.807, 2.05) is 13.0 Å². The van der Waals surface area contributed by atoms with E-state index in [1.54, 1.807) is 24.3 Å². The highest BCUT2D eigenvalue weighted by molar-refractivity contribution is 8.26. The summed E-state index contributed by atoms with van der Waals surface area (Å²) in [5.41, 5.74) is 0.604. The summed E-state index contributed by atoms with van der Waals surface area (Å²) in [4.78, 5) is 27.4. The number of benzene rings is 1. The molecule has 0 fully saturated rings. The number of nitrogens with one attached hydrogen (secondary N) is 1. The van der Waals surface area contributed by atoms with E-state index in [4.69, 9.17) is 0 Å². The Morgan fingerprint density at radius 3 is 2.76 bits per heavy atom. The van der Waals surface area contributed by atoms with Gasteiger partial charge in [0.15, 0.2) is 5.17 Å². The third-order valence-electron chi connectivity index (χ3n) is 2.26. The first-order valence-corrected chi connectivity index (χ1v) is 6.11. The molecule has 17 heavy (non-hydrogen) atoms. The lowest BCUT2D eigenvalue weighted by Gasteiger charge is -2.16. The summed E-state index contributed by atoms with van der Waals surface area (Å²) in [5.74, 6) is -0.0872. The van der Waals surface area contributed by atoms with Gasteiger partial charge in [-0.25, -0.2) is 0 Å². The molecule has 1 aromatic carbocycles. The molecule has 1 aromatic rings. The summed E-state index contributed by atoms with van der Waals surface area (Å²) in [7, 11) is 0. The van der Waals surface area contributed by atoms with Crippen LogP contribution < -0.4 is 5.32 Å². The van der Waals surface area contributed by atoms with Gasteiger partial charge in [-0.3, -0.25) is 14.6 Å². The molecule has 0 aliphatic carbocycles. The maximum atomic E-state index is 11.9. The Balaban J connectivity index is 2.07. The number of thioether (sulfide) groups is 1. The minimum absolute atomic E-state index is 0.0603. The molecule has 88 valence electrons. The van der Waals surface area contributed by atoms with Crippen molar-refractivity contribution in [3.8, 4) is 0 Å². The molecule has 1 atom stereocenters. The lowest BCUT2D eigenvalue weighted by molar-refractivity contribution is -0.120. The van der Waals surface area contributed by atoms with Crippen molar-refractivity contribution >= 4 is 28.0 Å². The molecule has 0 unspecified atom stereocenters. The van der Waals surface area contributed by atoms with Gasteiger partial charge in [-0.15, -0.1) is 0 Å². The minimum atomic E-state index is -0.112. The molecule has 1 aliphatic rings. The fourth-order valence-corrected chi connectivity index (χ4v) is 2.32. The zero-order valence-electron chi connectivity index (χ0n) is 9.34. The summed E-state index contributed by atoms with van der Waals surface area (Å²) < 4.78 is 0. The van der Waals surface area contributed by atoms with Crippen LogP contribution in [0.3, 0.4) is 0 Å². The maximum absolute atomic E-state index is 11.9. The molecule has 0 saturated carbocycles. The van der Waals surface area contributed by atoms with E-state index in [-0.39, 0.29) is 17.1 Å². The molecular formula is C12H12N2O2S. The normalized spacial score (nSPS) is 19.5. The van der Waals surface area contributed by atoms with E-state index in [9.17, 15) is 9.59 Å². The monoisotopic (exact) mass is 248 g/mol. The Morgan fingerprint density at radius 1 is 1.41 bits per heavy atom. The van der Waals surface area contributed by atoms with Crippen LogP contribution in [-0.4, -0.2) is 22.2 Å². The molecule has 1 amide bonds. The molecule has 4 nitrogen and oxygen atoms in total. The largest absolute Gasteiger partial charge is 0.305 e. The third-order valence-corrected chi connectivity index (χ3v) is 3.09. The van der Waals surface area contributed by atoms with Crippen LogP contribution in [0.1, 0.15) is 23.7 Å². The average Bonchev–Trinajstić information content (AvgIpc) is 2.28. The van der Waals surface area contributed by atoms with Crippen LogP contribution in [0, 0.1) is 0 Å². The number of hydrogen-bond acceptors (Lipinski definition) is 4. The van der Waals surface area contributed by atoms with Crippen molar-refractivity contribution < 1.29 is 9.59 Å². The van der Waals surface area contributed by atoms with E-state index >= 15 is 0 Å². The van der Waals surface area contributed by atoms with Gasteiger partial charge in [0, 0.05) is 12.0 Å². The Labute approximate surface area is 104 Å². The smallest absolute Gasteiger partial charge is 0.228 e. The molecule has 0 radical (unpaired) electrons. The van der Waals surface area contributed by atoms with E-state index in [0.29, 0.717) is 17.2 Å². The fourth-order valence-electron chi connectivity index (χ4n) is 1.49. The standard InChI is InChI=1S/C12H12N2O2S/c1-8-7-10(15)14-12(13-8)17-11(16)9-5-3-2-4-6-9/h2-6,8H,7H2,1H3,(H,13,14,15)/t8-/m0/s1. The number of rotatable bonds is 1. The average molecular weight is 248 g/mol. The maximum Gasteiger partial charge on any atom is 0.228 e. The second-order valence-corrected chi connectivity index (χ2v) is 4.75. The molecule has 2 rings (SSSR count). The molecule has 0 bridgehead atoms. The van der Waals surface area contributed by atoms with Crippen molar-refractivity contribution in [1.82, 2.24) is 5.32 Å². The van der Waals surface area contributed by atoms with E-state index < -0.39 is 0 Å². The first-order valence-electron chi connectivity index (χ1n) is 5.30. The summed E-state index contributed by atoms with van der Waals surface area (Å²) in [5, 5.41) is 2.88. The van der Waals surface area contributed by atoms with Gasteiger partial charge in [0.1, 0.15) is 0 Å². The van der Waals surface area contributed by atoms with E-state index in [1.165, 1.54) is 0 Å². The van der Waals surface area contributed by atoms with Gasteiger partial charge < -0.3 is 5.32 Å². The highest BCUT2D eigenvalue weighted by atomic mass is 32.2. The van der Waals surface area contributed by atoms with Crippen LogP contribution >= 0.6 is 11.8 Å². The van der Waals surface area contributed by atoms with Crippen LogP contribution in [0.4, 0.5) is 0 Å². The van der Waals surface area contributed by atoms with Crippen molar-refractivity contribution in [1.29, 1.82) is 0 Å². The summed E-state index contributed by atoms with van der Waals surface area (Å²) >= 11 is 0.960.